The van der Waals surface area contributed by atoms with Gasteiger partial charge >= 0.3 is 5.97 Å². The Labute approximate surface area is 87.8 Å². The molecule has 0 saturated heterocycles. The average molecular weight is 210 g/mol. The molecule has 1 heterocycles. The number of aliphatic carboxylic acids is 1. The molecule has 5 nitrogen and oxygen atoms in total. The number of hydrogen-bond donors (Lipinski definition) is 2. The molecule has 0 radical (unpaired) electrons. The Hall–Kier alpha value is -1.49. The number of carbonyl (C=O) groups is 1. The summed E-state index contributed by atoms with van der Waals surface area (Å²) in [6, 6.07) is 0. The summed E-state index contributed by atoms with van der Waals surface area (Å²) in [5.74, 6) is -0.445. The summed E-state index contributed by atoms with van der Waals surface area (Å²) in [7, 11) is 0. The molecule has 0 aliphatic rings. The van der Waals surface area contributed by atoms with Gasteiger partial charge in [0.25, 0.3) is 0 Å². The van der Waals surface area contributed by atoms with Gasteiger partial charge in [0.05, 0.1) is 6.42 Å². The largest absolute Gasteiger partial charge is 0.481 e. The Morgan fingerprint density at radius 3 is 2.53 bits per heavy atom. The van der Waals surface area contributed by atoms with Crippen LogP contribution in [-0.4, -0.2) is 32.8 Å². The van der Waals surface area contributed by atoms with Gasteiger partial charge in [-0.25, -0.2) is 9.97 Å². The SMILES string of the molecule is Cc1ncc(C(CCO)CC(=O)O)cn1. The van der Waals surface area contributed by atoms with Crippen molar-refractivity contribution in [2.45, 2.75) is 25.7 Å². The van der Waals surface area contributed by atoms with E-state index in [4.69, 9.17) is 10.2 Å². The van der Waals surface area contributed by atoms with Crippen molar-refractivity contribution in [1.29, 1.82) is 0 Å². The first-order valence-corrected chi connectivity index (χ1v) is 4.74. The zero-order chi connectivity index (χ0) is 11.3. The molecule has 1 aromatic rings. The van der Waals surface area contributed by atoms with Crippen molar-refractivity contribution in [3.63, 3.8) is 0 Å². The van der Waals surface area contributed by atoms with Gasteiger partial charge in [-0.2, -0.15) is 0 Å². The highest BCUT2D eigenvalue weighted by Gasteiger charge is 2.15. The Morgan fingerprint density at radius 2 is 2.07 bits per heavy atom. The van der Waals surface area contributed by atoms with Crippen LogP contribution in [0.5, 0.6) is 0 Å². The zero-order valence-electron chi connectivity index (χ0n) is 8.55. The highest BCUT2D eigenvalue weighted by atomic mass is 16.4. The van der Waals surface area contributed by atoms with Crippen molar-refractivity contribution >= 4 is 5.97 Å². The van der Waals surface area contributed by atoms with E-state index >= 15 is 0 Å². The first-order chi connectivity index (χ1) is 7.13. The third-order valence-electron chi connectivity index (χ3n) is 2.17. The molecular formula is C10H14N2O3. The molecular weight excluding hydrogens is 196 g/mol. The van der Waals surface area contributed by atoms with Crippen LogP contribution in [0.4, 0.5) is 0 Å². The number of nitrogens with zero attached hydrogens (tertiary/aromatic N) is 2. The van der Waals surface area contributed by atoms with E-state index in [0.29, 0.717) is 12.2 Å². The molecule has 5 heteroatoms. The molecule has 1 rings (SSSR count). The quantitative estimate of drug-likeness (QED) is 0.748. The summed E-state index contributed by atoms with van der Waals surface area (Å²) in [5, 5.41) is 17.5. The summed E-state index contributed by atoms with van der Waals surface area (Å²) in [4.78, 5) is 18.6. The van der Waals surface area contributed by atoms with Gasteiger partial charge in [-0.05, 0) is 24.8 Å². The molecule has 0 aromatic carbocycles. The van der Waals surface area contributed by atoms with Gasteiger partial charge < -0.3 is 10.2 Å². The second-order valence-corrected chi connectivity index (χ2v) is 3.37. The van der Waals surface area contributed by atoms with E-state index in [1.165, 1.54) is 0 Å². The molecule has 15 heavy (non-hydrogen) atoms. The van der Waals surface area contributed by atoms with Crippen LogP contribution in [0.2, 0.25) is 0 Å². The molecule has 2 N–H and O–H groups in total. The van der Waals surface area contributed by atoms with Crippen molar-refractivity contribution in [3.8, 4) is 0 Å². The van der Waals surface area contributed by atoms with Crippen LogP contribution >= 0.6 is 0 Å². The molecule has 0 aliphatic heterocycles. The maximum Gasteiger partial charge on any atom is 0.303 e. The van der Waals surface area contributed by atoms with E-state index < -0.39 is 5.97 Å². The van der Waals surface area contributed by atoms with Crippen molar-refractivity contribution in [3.05, 3.63) is 23.8 Å². The summed E-state index contributed by atoms with van der Waals surface area (Å²) < 4.78 is 0. The average Bonchev–Trinajstić information content (AvgIpc) is 2.17. The number of carboxylic acids is 1. The third kappa shape index (κ3) is 3.63. The van der Waals surface area contributed by atoms with Gasteiger partial charge in [-0.15, -0.1) is 0 Å². The van der Waals surface area contributed by atoms with E-state index in [1.807, 2.05) is 0 Å². The number of hydrogen-bond acceptors (Lipinski definition) is 4. The number of aliphatic hydroxyl groups excluding tert-OH is 1. The third-order valence-corrected chi connectivity index (χ3v) is 2.17. The van der Waals surface area contributed by atoms with Gasteiger partial charge in [0.2, 0.25) is 0 Å². The summed E-state index contributed by atoms with van der Waals surface area (Å²) in [5.41, 5.74) is 0.761. The van der Waals surface area contributed by atoms with Crippen LogP contribution in [0.1, 0.15) is 30.1 Å². The van der Waals surface area contributed by atoms with E-state index in [1.54, 1.807) is 19.3 Å². The lowest BCUT2D eigenvalue weighted by Gasteiger charge is -2.12. The first-order valence-electron chi connectivity index (χ1n) is 4.74. The van der Waals surface area contributed by atoms with Crippen LogP contribution in [0.15, 0.2) is 12.4 Å². The lowest BCUT2D eigenvalue weighted by molar-refractivity contribution is -0.137. The standard InChI is InChI=1S/C10H14N2O3/c1-7-11-5-9(6-12-7)8(2-3-13)4-10(14)15/h5-6,8,13H,2-4H2,1H3,(H,14,15). The Bertz CT molecular complexity index is 324. The summed E-state index contributed by atoms with van der Waals surface area (Å²) >= 11 is 0. The number of aromatic nitrogens is 2. The Balaban J connectivity index is 2.78. The van der Waals surface area contributed by atoms with Gasteiger partial charge in [0, 0.05) is 19.0 Å². The predicted octanol–water partition coefficient (Wildman–Crippen LogP) is 0.726. The number of aryl methyl sites for hydroxylation is 1. The summed E-state index contributed by atoms with van der Waals surface area (Å²) in [6.45, 7) is 1.73. The molecule has 0 fully saturated rings. The van der Waals surface area contributed by atoms with E-state index in [9.17, 15) is 4.79 Å². The minimum atomic E-state index is -0.881. The Kier molecular flexibility index (Phi) is 4.17. The fraction of sp³-hybridized carbons (Fsp3) is 0.500. The van der Waals surface area contributed by atoms with E-state index in [2.05, 4.69) is 9.97 Å². The van der Waals surface area contributed by atoms with Gasteiger partial charge in [0.15, 0.2) is 0 Å². The van der Waals surface area contributed by atoms with Crippen LogP contribution < -0.4 is 0 Å². The van der Waals surface area contributed by atoms with Gasteiger partial charge in [0.1, 0.15) is 5.82 Å². The molecule has 0 spiro atoms. The molecule has 1 atom stereocenters. The second kappa shape index (κ2) is 5.41. The van der Waals surface area contributed by atoms with Crippen molar-refractivity contribution < 1.29 is 15.0 Å². The van der Waals surface area contributed by atoms with Crippen LogP contribution in [0.3, 0.4) is 0 Å². The molecule has 1 aromatic heterocycles. The molecule has 0 bridgehead atoms. The molecule has 1 unspecified atom stereocenters. The lowest BCUT2D eigenvalue weighted by Crippen LogP contribution is -2.09. The molecule has 0 saturated carbocycles. The minimum absolute atomic E-state index is 0.00696. The normalized spacial score (nSPS) is 12.4. The highest BCUT2D eigenvalue weighted by molar-refractivity contribution is 5.67. The van der Waals surface area contributed by atoms with Crippen molar-refractivity contribution in [2.24, 2.45) is 0 Å². The molecule has 0 aliphatic carbocycles. The van der Waals surface area contributed by atoms with Crippen LogP contribution in [0, 0.1) is 6.92 Å². The zero-order valence-corrected chi connectivity index (χ0v) is 8.55. The van der Waals surface area contributed by atoms with E-state index in [-0.39, 0.29) is 18.9 Å². The number of rotatable bonds is 5. The van der Waals surface area contributed by atoms with Crippen LogP contribution in [-0.2, 0) is 4.79 Å². The van der Waals surface area contributed by atoms with Gasteiger partial charge in [-0.1, -0.05) is 0 Å². The fourth-order valence-corrected chi connectivity index (χ4v) is 1.37. The Morgan fingerprint density at radius 1 is 1.47 bits per heavy atom. The molecule has 0 amide bonds. The van der Waals surface area contributed by atoms with E-state index in [0.717, 1.165) is 5.56 Å². The highest BCUT2D eigenvalue weighted by Crippen LogP contribution is 2.21. The topological polar surface area (TPSA) is 83.3 Å². The second-order valence-electron chi connectivity index (χ2n) is 3.37. The number of aliphatic hydroxyl groups is 1. The monoisotopic (exact) mass is 210 g/mol. The molecule has 82 valence electrons. The smallest absolute Gasteiger partial charge is 0.303 e. The predicted molar refractivity (Wildman–Crippen MR) is 53.5 cm³/mol. The summed E-state index contributed by atoms with van der Waals surface area (Å²) in [6.07, 6.45) is 3.64. The number of carboxylic acid groups (broad SMARTS) is 1. The maximum absolute atomic E-state index is 10.6. The lowest BCUT2D eigenvalue weighted by atomic mass is 9.95. The minimum Gasteiger partial charge on any atom is -0.481 e. The van der Waals surface area contributed by atoms with Gasteiger partial charge in [-0.3, -0.25) is 4.79 Å². The van der Waals surface area contributed by atoms with Crippen molar-refractivity contribution in [1.82, 2.24) is 9.97 Å². The maximum atomic E-state index is 10.6. The fourth-order valence-electron chi connectivity index (χ4n) is 1.37. The van der Waals surface area contributed by atoms with Crippen LogP contribution in [0.25, 0.3) is 0 Å². The van der Waals surface area contributed by atoms with Crippen molar-refractivity contribution in [2.75, 3.05) is 6.61 Å². The first kappa shape index (κ1) is 11.6.